The van der Waals surface area contributed by atoms with Crippen LogP contribution < -0.4 is 4.74 Å². The van der Waals surface area contributed by atoms with Crippen LogP contribution in [0.3, 0.4) is 0 Å². The highest BCUT2D eigenvalue weighted by atomic mass is 127. The van der Waals surface area contributed by atoms with E-state index in [0.717, 1.165) is 16.7 Å². The van der Waals surface area contributed by atoms with E-state index >= 15 is 0 Å². The van der Waals surface area contributed by atoms with E-state index in [9.17, 15) is 0 Å². The lowest BCUT2D eigenvalue weighted by Crippen LogP contribution is -2.16. The second-order valence-corrected chi connectivity index (χ2v) is 3.90. The molecule has 4 nitrogen and oxygen atoms in total. The zero-order valence-electron chi connectivity index (χ0n) is 6.94. The molecular weight excluding hydrogens is 283 g/mol. The predicted octanol–water partition coefficient (Wildman–Crippen LogP) is 1.25. The van der Waals surface area contributed by atoms with Gasteiger partial charge in [-0.1, -0.05) is 0 Å². The normalized spacial score (nSPS) is 21.8. The summed E-state index contributed by atoms with van der Waals surface area (Å²) in [5.41, 5.74) is 0. The topological polar surface area (TPSA) is 44.2 Å². The zero-order valence-corrected chi connectivity index (χ0v) is 9.10. The highest BCUT2D eigenvalue weighted by Gasteiger charge is 2.17. The lowest BCUT2D eigenvalue weighted by atomic mass is 10.3. The molecule has 1 aromatic rings. The van der Waals surface area contributed by atoms with Crippen molar-refractivity contribution in [3.63, 3.8) is 0 Å². The van der Waals surface area contributed by atoms with Gasteiger partial charge < -0.3 is 9.47 Å². The second kappa shape index (κ2) is 4.19. The van der Waals surface area contributed by atoms with Crippen LogP contribution in [0.4, 0.5) is 0 Å². The molecule has 1 aliphatic heterocycles. The third kappa shape index (κ3) is 2.50. The van der Waals surface area contributed by atoms with Gasteiger partial charge in [0.1, 0.15) is 9.80 Å². The van der Waals surface area contributed by atoms with E-state index in [1.807, 2.05) is 12.1 Å². The molecule has 1 fully saturated rings. The molecule has 0 spiro atoms. The lowest BCUT2D eigenvalue weighted by molar-refractivity contribution is 0.137. The summed E-state index contributed by atoms with van der Waals surface area (Å²) in [7, 11) is 0. The molecule has 0 radical (unpaired) electrons. The lowest BCUT2D eigenvalue weighted by Gasteiger charge is -2.09. The number of nitrogens with zero attached hydrogens (tertiary/aromatic N) is 2. The van der Waals surface area contributed by atoms with Crippen LogP contribution in [0, 0.1) is 3.70 Å². The first-order valence-electron chi connectivity index (χ1n) is 4.08. The predicted molar refractivity (Wildman–Crippen MR) is 54.6 cm³/mol. The minimum atomic E-state index is 0.148. The average Bonchev–Trinajstić information content (AvgIpc) is 2.62. The minimum absolute atomic E-state index is 0.148. The Morgan fingerprint density at radius 2 is 2.38 bits per heavy atom. The van der Waals surface area contributed by atoms with Crippen molar-refractivity contribution in [2.45, 2.75) is 12.5 Å². The molecule has 70 valence electrons. The van der Waals surface area contributed by atoms with Crippen LogP contribution in [-0.2, 0) is 4.74 Å². The van der Waals surface area contributed by atoms with Crippen molar-refractivity contribution >= 4 is 22.6 Å². The van der Waals surface area contributed by atoms with Gasteiger partial charge in [0.2, 0.25) is 5.88 Å². The van der Waals surface area contributed by atoms with Crippen LogP contribution >= 0.6 is 22.6 Å². The SMILES string of the molecule is Ic1ccc(O[C@H]2CCOC2)nn1. The summed E-state index contributed by atoms with van der Waals surface area (Å²) >= 11 is 2.11. The number of hydrogen-bond donors (Lipinski definition) is 0. The molecule has 1 atom stereocenters. The molecule has 13 heavy (non-hydrogen) atoms. The van der Waals surface area contributed by atoms with Crippen molar-refractivity contribution in [2.75, 3.05) is 13.2 Å². The van der Waals surface area contributed by atoms with Gasteiger partial charge in [0.25, 0.3) is 0 Å². The Kier molecular flexibility index (Phi) is 2.94. The first-order valence-corrected chi connectivity index (χ1v) is 5.16. The number of hydrogen-bond acceptors (Lipinski definition) is 4. The van der Waals surface area contributed by atoms with E-state index in [1.165, 1.54) is 0 Å². The monoisotopic (exact) mass is 292 g/mol. The van der Waals surface area contributed by atoms with E-state index in [1.54, 1.807) is 0 Å². The van der Waals surface area contributed by atoms with Crippen molar-refractivity contribution in [1.82, 2.24) is 10.2 Å². The van der Waals surface area contributed by atoms with E-state index in [4.69, 9.17) is 9.47 Å². The zero-order chi connectivity index (χ0) is 9.10. The molecule has 0 aromatic carbocycles. The van der Waals surface area contributed by atoms with Crippen LogP contribution in [0.25, 0.3) is 0 Å². The van der Waals surface area contributed by atoms with E-state index in [0.29, 0.717) is 12.5 Å². The Morgan fingerprint density at radius 1 is 1.46 bits per heavy atom. The standard InChI is InChI=1S/C8H9IN2O2/c9-7-1-2-8(11-10-7)13-6-3-4-12-5-6/h1-2,6H,3-5H2/t6-/m0/s1. The van der Waals surface area contributed by atoms with E-state index in [-0.39, 0.29) is 6.10 Å². The van der Waals surface area contributed by atoms with E-state index < -0.39 is 0 Å². The maximum Gasteiger partial charge on any atom is 0.233 e. The third-order valence-corrected chi connectivity index (χ3v) is 2.36. The molecule has 1 saturated heterocycles. The molecule has 0 amide bonds. The number of ether oxygens (including phenoxy) is 2. The van der Waals surface area contributed by atoms with Crippen molar-refractivity contribution < 1.29 is 9.47 Å². The average molecular weight is 292 g/mol. The van der Waals surface area contributed by atoms with Gasteiger partial charge in [-0.25, -0.2) is 0 Å². The number of aromatic nitrogens is 2. The van der Waals surface area contributed by atoms with Crippen LogP contribution in [0.15, 0.2) is 12.1 Å². The Balaban J connectivity index is 1.97. The van der Waals surface area contributed by atoms with Crippen LogP contribution in [-0.4, -0.2) is 29.5 Å². The molecule has 1 aliphatic rings. The van der Waals surface area contributed by atoms with Gasteiger partial charge in [-0.05, 0) is 28.7 Å². The fourth-order valence-electron chi connectivity index (χ4n) is 1.14. The van der Waals surface area contributed by atoms with Crippen LogP contribution in [0.5, 0.6) is 5.88 Å². The number of rotatable bonds is 2. The van der Waals surface area contributed by atoms with Gasteiger partial charge in [0.15, 0.2) is 0 Å². The largest absolute Gasteiger partial charge is 0.471 e. The molecule has 2 rings (SSSR count). The van der Waals surface area contributed by atoms with Crippen LogP contribution in [0.1, 0.15) is 6.42 Å². The fourth-order valence-corrected chi connectivity index (χ4v) is 1.43. The Morgan fingerprint density at radius 3 is 3.00 bits per heavy atom. The van der Waals surface area contributed by atoms with E-state index in [2.05, 4.69) is 32.8 Å². The fraction of sp³-hybridized carbons (Fsp3) is 0.500. The first-order chi connectivity index (χ1) is 6.34. The first kappa shape index (κ1) is 9.14. The molecule has 1 aromatic heterocycles. The van der Waals surface area contributed by atoms with Crippen LogP contribution in [0.2, 0.25) is 0 Å². The molecule has 2 heterocycles. The van der Waals surface area contributed by atoms with Gasteiger partial charge >= 0.3 is 0 Å². The van der Waals surface area contributed by atoms with Crippen molar-refractivity contribution in [3.05, 3.63) is 15.8 Å². The smallest absolute Gasteiger partial charge is 0.233 e. The van der Waals surface area contributed by atoms with Crippen molar-refractivity contribution in [3.8, 4) is 5.88 Å². The molecule has 0 unspecified atom stereocenters. The maximum atomic E-state index is 5.53. The number of halogens is 1. The molecule has 5 heteroatoms. The highest BCUT2D eigenvalue weighted by molar-refractivity contribution is 14.1. The minimum Gasteiger partial charge on any atom is -0.471 e. The molecule has 0 aliphatic carbocycles. The Labute approximate surface area is 89.8 Å². The summed E-state index contributed by atoms with van der Waals surface area (Å²) in [6, 6.07) is 3.70. The second-order valence-electron chi connectivity index (χ2n) is 2.80. The third-order valence-electron chi connectivity index (χ3n) is 1.78. The van der Waals surface area contributed by atoms with Gasteiger partial charge in [-0.15, -0.1) is 10.2 Å². The van der Waals surface area contributed by atoms with Crippen molar-refractivity contribution in [1.29, 1.82) is 0 Å². The van der Waals surface area contributed by atoms with Gasteiger partial charge in [-0.3, -0.25) is 0 Å². The quantitative estimate of drug-likeness (QED) is 0.770. The van der Waals surface area contributed by atoms with Gasteiger partial charge in [-0.2, -0.15) is 0 Å². The summed E-state index contributed by atoms with van der Waals surface area (Å²) < 4.78 is 11.6. The highest BCUT2D eigenvalue weighted by Crippen LogP contribution is 2.13. The molecule has 0 N–H and O–H groups in total. The maximum absolute atomic E-state index is 5.53. The summed E-state index contributed by atoms with van der Waals surface area (Å²) in [5.74, 6) is 0.580. The summed E-state index contributed by atoms with van der Waals surface area (Å²) in [5, 5.41) is 7.80. The van der Waals surface area contributed by atoms with Gasteiger partial charge in [0.05, 0.1) is 13.2 Å². The summed E-state index contributed by atoms with van der Waals surface area (Å²) in [4.78, 5) is 0. The molecule has 0 saturated carbocycles. The molecule has 0 bridgehead atoms. The Hall–Kier alpha value is -0.430. The Bertz CT molecular complexity index is 272. The van der Waals surface area contributed by atoms with Gasteiger partial charge in [0, 0.05) is 12.5 Å². The summed E-state index contributed by atoms with van der Waals surface area (Å²) in [6.07, 6.45) is 1.09. The van der Waals surface area contributed by atoms with Crippen molar-refractivity contribution in [2.24, 2.45) is 0 Å². The molecular formula is C8H9IN2O2. The summed E-state index contributed by atoms with van der Waals surface area (Å²) in [6.45, 7) is 1.44.